The molecule has 0 spiro atoms. The standard InChI is InChI=1S/C23H23N5O2S/c1-26-7-9-27(10-8-26)14-17-3-2-4-18(11-17)28-15-24-19-6-5-16(12-20(19)28)13-21-22(29)25-23(30)31-21/h2-6,11-13,15H,7-10,14H2,1H3,(H,25,29,30). The van der Waals surface area contributed by atoms with Gasteiger partial charge in [-0.25, -0.2) is 4.98 Å². The fourth-order valence-electron chi connectivity index (χ4n) is 3.96. The van der Waals surface area contributed by atoms with Crippen molar-refractivity contribution >= 4 is 40.0 Å². The maximum atomic E-state index is 11.9. The summed E-state index contributed by atoms with van der Waals surface area (Å²) in [5, 5.41) is 1.96. The first-order valence-electron chi connectivity index (χ1n) is 10.3. The number of thioether (sulfide) groups is 1. The van der Waals surface area contributed by atoms with Gasteiger partial charge in [0.2, 0.25) is 0 Å². The number of aromatic nitrogens is 2. The van der Waals surface area contributed by atoms with Gasteiger partial charge in [0.05, 0.1) is 15.9 Å². The predicted molar refractivity (Wildman–Crippen MR) is 123 cm³/mol. The highest BCUT2D eigenvalue weighted by Gasteiger charge is 2.25. The van der Waals surface area contributed by atoms with Crippen LogP contribution in [-0.2, 0) is 11.3 Å². The molecule has 0 bridgehead atoms. The molecule has 7 nitrogen and oxygen atoms in total. The first-order chi connectivity index (χ1) is 15.0. The molecule has 0 atom stereocenters. The maximum Gasteiger partial charge on any atom is 0.290 e. The molecule has 8 heteroatoms. The average molecular weight is 434 g/mol. The molecule has 0 saturated carbocycles. The lowest BCUT2D eigenvalue weighted by atomic mass is 10.1. The first kappa shape index (κ1) is 20.0. The van der Waals surface area contributed by atoms with Crippen LogP contribution < -0.4 is 5.32 Å². The molecular formula is C23H23N5O2S. The molecule has 2 fully saturated rings. The number of benzene rings is 2. The number of carbonyl (C=O) groups excluding carboxylic acids is 2. The van der Waals surface area contributed by atoms with Gasteiger partial charge in [-0.05, 0) is 60.3 Å². The number of hydrogen-bond acceptors (Lipinski definition) is 6. The molecule has 0 unspecified atom stereocenters. The van der Waals surface area contributed by atoms with Gasteiger partial charge in [-0.15, -0.1) is 0 Å². The molecule has 3 aromatic rings. The van der Waals surface area contributed by atoms with Gasteiger partial charge in [0.15, 0.2) is 0 Å². The van der Waals surface area contributed by atoms with E-state index >= 15 is 0 Å². The maximum absolute atomic E-state index is 11.9. The van der Waals surface area contributed by atoms with Gasteiger partial charge in [-0.1, -0.05) is 18.2 Å². The van der Waals surface area contributed by atoms with Gasteiger partial charge in [0.25, 0.3) is 11.1 Å². The number of nitrogens with zero attached hydrogens (tertiary/aromatic N) is 4. The molecule has 158 valence electrons. The van der Waals surface area contributed by atoms with Gasteiger partial charge < -0.3 is 4.90 Å². The van der Waals surface area contributed by atoms with Crippen LogP contribution in [-0.4, -0.2) is 63.7 Å². The zero-order valence-corrected chi connectivity index (χ0v) is 18.1. The van der Waals surface area contributed by atoms with Crippen LogP contribution in [0.1, 0.15) is 11.1 Å². The summed E-state index contributed by atoms with van der Waals surface area (Å²) in [6.07, 6.45) is 3.57. The SMILES string of the molecule is CN1CCN(Cc2cccc(-n3cnc4ccc(C=C5SC(=O)NC5=O)cc43)c2)CC1. The van der Waals surface area contributed by atoms with Crippen LogP contribution in [0.3, 0.4) is 0 Å². The van der Waals surface area contributed by atoms with E-state index in [4.69, 9.17) is 0 Å². The van der Waals surface area contributed by atoms with E-state index < -0.39 is 0 Å². The normalized spacial score (nSPS) is 19.5. The Kier molecular flexibility index (Phi) is 5.35. The largest absolute Gasteiger partial charge is 0.304 e. The first-order valence-corrected chi connectivity index (χ1v) is 11.1. The number of fused-ring (bicyclic) bond motifs is 1. The van der Waals surface area contributed by atoms with E-state index in [9.17, 15) is 9.59 Å². The fourth-order valence-corrected chi connectivity index (χ4v) is 4.64. The van der Waals surface area contributed by atoms with Crippen molar-refractivity contribution in [3.63, 3.8) is 0 Å². The van der Waals surface area contributed by atoms with Crippen molar-refractivity contribution in [3.05, 3.63) is 64.8 Å². The topological polar surface area (TPSA) is 70.5 Å². The molecule has 5 rings (SSSR count). The average Bonchev–Trinajstić information content (AvgIpc) is 3.32. The zero-order valence-electron chi connectivity index (χ0n) is 17.2. The summed E-state index contributed by atoms with van der Waals surface area (Å²) in [4.78, 5) is 33.1. The third kappa shape index (κ3) is 4.27. The molecule has 31 heavy (non-hydrogen) atoms. The van der Waals surface area contributed by atoms with E-state index in [-0.39, 0.29) is 11.1 Å². The van der Waals surface area contributed by atoms with Gasteiger partial charge in [0.1, 0.15) is 6.33 Å². The lowest BCUT2D eigenvalue weighted by molar-refractivity contribution is -0.115. The Morgan fingerprint density at radius 1 is 1.10 bits per heavy atom. The summed E-state index contributed by atoms with van der Waals surface area (Å²) in [5.74, 6) is -0.347. The lowest BCUT2D eigenvalue weighted by Gasteiger charge is -2.32. The molecule has 2 aliphatic rings. The monoisotopic (exact) mass is 433 g/mol. The van der Waals surface area contributed by atoms with Gasteiger partial charge >= 0.3 is 0 Å². The smallest absolute Gasteiger partial charge is 0.290 e. The molecule has 1 N–H and O–H groups in total. The van der Waals surface area contributed by atoms with Crippen molar-refractivity contribution in [2.24, 2.45) is 0 Å². The number of amides is 2. The molecule has 2 aliphatic heterocycles. The minimum atomic E-state index is -0.347. The summed E-state index contributed by atoms with van der Waals surface area (Å²) < 4.78 is 2.07. The van der Waals surface area contributed by atoms with Crippen molar-refractivity contribution in [1.29, 1.82) is 0 Å². The highest BCUT2D eigenvalue weighted by molar-refractivity contribution is 8.18. The number of imidazole rings is 1. The van der Waals surface area contributed by atoms with Gasteiger partial charge in [-0.3, -0.25) is 24.4 Å². The predicted octanol–water partition coefficient (Wildman–Crippen LogP) is 3.10. The number of hydrogen-bond donors (Lipinski definition) is 1. The van der Waals surface area contributed by atoms with E-state index in [1.165, 1.54) is 5.56 Å². The second-order valence-corrected chi connectivity index (χ2v) is 8.98. The highest BCUT2D eigenvalue weighted by atomic mass is 32.2. The third-order valence-electron chi connectivity index (χ3n) is 5.70. The second-order valence-electron chi connectivity index (χ2n) is 7.96. The molecule has 0 aliphatic carbocycles. The Morgan fingerprint density at radius 2 is 1.94 bits per heavy atom. The Labute approximate surface area is 184 Å². The van der Waals surface area contributed by atoms with E-state index in [0.717, 1.165) is 66.8 Å². The summed E-state index contributed by atoms with van der Waals surface area (Å²) in [5.41, 5.74) is 5.03. The molecule has 0 radical (unpaired) electrons. The minimum absolute atomic E-state index is 0.334. The quantitative estimate of drug-likeness (QED) is 0.638. The van der Waals surface area contributed by atoms with Crippen molar-refractivity contribution in [1.82, 2.24) is 24.7 Å². The number of imide groups is 1. The number of carbonyl (C=O) groups is 2. The Hall–Kier alpha value is -2.94. The zero-order chi connectivity index (χ0) is 21.4. The Bertz CT molecular complexity index is 1190. The summed E-state index contributed by atoms with van der Waals surface area (Å²) in [7, 11) is 2.17. The minimum Gasteiger partial charge on any atom is -0.304 e. The molecule has 1 aromatic heterocycles. The summed E-state index contributed by atoms with van der Waals surface area (Å²) in [6, 6.07) is 14.4. The second kappa shape index (κ2) is 8.30. The number of rotatable bonds is 4. The van der Waals surface area contributed by atoms with E-state index in [1.54, 1.807) is 6.08 Å². The van der Waals surface area contributed by atoms with E-state index in [0.29, 0.717) is 4.91 Å². The summed E-state index contributed by atoms with van der Waals surface area (Å²) in [6.45, 7) is 5.31. The molecule has 2 amide bonds. The van der Waals surface area contributed by atoms with Crippen molar-refractivity contribution in [3.8, 4) is 5.69 Å². The van der Waals surface area contributed by atoms with Crippen molar-refractivity contribution < 1.29 is 9.59 Å². The Morgan fingerprint density at radius 3 is 2.71 bits per heavy atom. The van der Waals surface area contributed by atoms with Crippen molar-refractivity contribution in [2.75, 3.05) is 33.2 Å². The van der Waals surface area contributed by atoms with Crippen LogP contribution in [0.25, 0.3) is 22.8 Å². The van der Waals surface area contributed by atoms with Crippen LogP contribution >= 0.6 is 11.8 Å². The highest BCUT2D eigenvalue weighted by Crippen LogP contribution is 2.27. The summed E-state index contributed by atoms with van der Waals surface area (Å²) >= 11 is 0.927. The van der Waals surface area contributed by atoms with Crippen LogP contribution in [0.2, 0.25) is 0 Å². The van der Waals surface area contributed by atoms with E-state index in [1.807, 2.05) is 24.5 Å². The van der Waals surface area contributed by atoms with E-state index in [2.05, 4.69) is 56.0 Å². The number of nitrogens with one attached hydrogen (secondary N) is 1. The molecule has 3 heterocycles. The fraction of sp³-hybridized carbons (Fsp3) is 0.261. The Balaban J connectivity index is 1.43. The van der Waals surface area contributed by atoms with Crippen LogP contribution in [0.5, 0.6) is 0 Å². The third-order valence-corrected chi connectivity index (χ3v) is 6.51. The van der Waals surface area contributed by atoms with Gasteiger partial charge in [-0.2, -0.15) is 0 Å². The van der Waals surface area contributed by atoms with Gasteiger partial charge in [0, 0.05) is 38.4 Å². The molecule has 2 aromatic carbocycles. The molecule has 2 saturated heterocycles. The molecular weight excluding hydrogens is 410 g/mol. The van der Waals surface area contributed by atoms with Crippen LogP contribution in [0.4, 0.5) is 4.79 Å². The van der Waals surface area contributed by atoms with Crippen LogP contribution in [0, 0.1) is 0 Å². The number of piperazine rings is 1. The lowest BCUT2D eigenvalue weighted by Crippen LogP contribution is -2.43. The van der Waals surface area contributed by atoms with Crippen LogP contribution in [0.15, 0.2) is 53.7 Å². The van der Waals surface area contributed by atoms with Crippen molar-refractivity contribution in [2.45, 2.75) is 6.54 Å². The number of likely N-dealkylation sites (N-methyl/N-ethyl adjacent to an activating group) is 1.